The van der Waals surface area contributed by atoms with E-state index >= 15 is 0 Å². The molecular weight excluding hydrogens is 514 g/mol. The third kappa shape index (κ3) is 5.81. The van der Waals surface area contributed by atoms with Crippen LogP contribution in [0.15, 0.2) is 45.8 Å². The van der Waals surface area contributed by atoms with E-state index in [1.54, 1.807) is 25.1 Å². The Bertz CT molecular complexity index is 1440. The highest BCUT2D eigenvalue weighted by Gasteiger charge is 2.34. The van der Waals surface area contributed by atoms with Crippen LogP contribution in [-0.4, -0.2) is 37.6 Å². The van der Waals surface area contributed by atoms with Crippen molar-refractivity contribution in [3.05, 3.63) is 81.7 Å². The number of carbonyl (C=O) groups is 1. The molecule has 0 saturated carbocycles. The summed E-state index contributed by atoms with van der Waals surface area (Å²) >= 11 is 0. The van der Waals surface area contributed by atoms with E-state index in [0.717, 1.165) is 17.2 Å². The lowest BCUT2D eigenvalue weighted by Crippen LogP contribution is -2.33. The Hall–Kier alpha value is -3.11. The average Bonchev–Trinajstić information content (AvgIpc) is 3.26. The number of fused-ring (bicyclic) bond motifs is 1. The van der Waals surface area contributed by atoms with E-state index in [1.807, 2.05) is 27.7 Å². The Kier molecular flexibility index (Phi) is 7.76. The molecule has 38 heavy (non-hydrogen) atoms. The summed E-state index contributed by atoms with van der Waals surface area (Å²) in [4.78, 5) is 14.8. The zero-order chi connectivity index (χ0) is 27.8. The Labute approximate surface area is 221 Å². The summed E-state index contributed by atoms with van der Waals surface area (Å²) in [6.07, 6.45) is 0.670. The molecule has 0 unspecified atom stereocenters. The summed E-state index contributed by atoms with van der Waals surface area (Å²) in [5.74, 6) is -2.20. The molecule has 4 rings (SSSR count). The van der Waals surface area contributed by atoms with Gasteiger partial charge in [-0.1, -0.05) is 32.0 Å². The molecule has 1 aliphatic heterocycles. The molecule has 0 N–H and O–H groups in total. The number of carbonyl (C=O) groups excluding carboxylic acids is 1. The topological polar surface area (TPSA) is 89.7 Å². The molecule has 2 aromatic carbocycles. The molecule has 1 aromatic heterocycles. The van der Waals surface area contributed by atoms with Gasteiger partial charge in [0.25, 0.3) is 0 Å². The molecule has 1 aliphatic rings. The first-order chi connectivity index (χ1) is 17.8. The fourth-order valence-electron chi connectivity index (χ4n) is 4.72. The van der Waals surface area contributed by atoms with Gasteiger partial charge in [-0.25, -0.2) is 22.0 Å². The number of hydrogen-bond acceptors (Lipinski definition) is 7. The SMILES string of the molecule is CCOC(=O)c1c(CS(=O)(=O)c2ccc3c(c2)CN([C@H](C)c2cc(F)cc(F)c2)CC3)noc1C(C)(C)C. The van der Waals surface area contributed by atoms with Crippen molar-refractivity contribution in [3.63, 3.8) is 0 Å². The molecule has 0 saturated heterocycles. The Balaban J connectivity index is 1.61. The van der Waals surface area contributed by atoms with E-state index in [9.17, 15) is 22.0 Å². The van der Waals surface area contributed by atoms with Gasteiger partial charge in [-0.15, -0.1) is 0 Å². The van der Waals surface area contributed by atoms with Gasteiger partial charge in [-0.2, -0.15) is 0 Å². The second-order valence-electron chi connectivity index (χ2n) is 10.6. The summed E-state index contributed by atoms with van der Waals surface area (Å²) in [7, 11) is -3.90. The lowest BCUT2D eigenvalue weighted by Gasteiger charge is -2.34. The van der Waals surface area contributed by atoms with Gasteiger partial charge in [0.05, 0.1) is 11.5 Å². The zero-order valence-corrected chi connectivity index (χ0v) is 23.0. The van der Waals surface area contributed by atoms with Crippen molar-refractivity contribution in [2.24, 2.45) is 0 Å². The minimum absolute atomic E-state index is 0.00877. The lowest BCUT2D eigenvalue weighted by atomic mass is 9.90. The van der Waals surface area contributed by atoms with Crippen LogP contribution >= 0.6 is 0 Å². The number of halogens is 2. The van der Waals surface area contributed by atoms with Crippen molar-refractivity contribution in [2.75, 3.05) is 13.2 Å². The van der Waals surface area contributed by atoms with Crippen LogP contribution in [0.4, 0.5) is 8.78 Å². The average molecular weight is 547 g/mol. The maximum absolute atomic E-state index is 13.8. The highest BCUT2D eigenvalue weighted by molar-refractivity contribution is 7.90. The maximum Gasteiger partial charge on any atom is 0.343 e. The molecule has 10 heteroatoms. The molecule has 0 spiro atoms. The van der Waals surface area contributed by atoms with Crippen molar-refractivity contribution in [1.82, 2.24) is 10.1 Å². The molecule has 0 aliphatic carbocycles. The van der Waals surface area contributed by atoms with Crippen LogP contribution in [0.5, 0.6) is 0 Å². The lowest BCUT2D eigenvalue weighted by molar-refractivity contribution is 0.0520. The molecule has 3 aromatic rings. The molecule has 7 nitrogen and oxygen atoms in total. The van der Waals surface area contributed by atoms with Crippen LogP contribution in [0.1, 0.15) is 79.2 Å². The highest BCUT2D eigenvalue weighted by Crippen LogP contribution is 2.33. The fourth-order valence-corrected chi connectivity index (χ4v) is 6.04. The number of rotatable bonds is 7. The predicted molar refractivity (Wildman–Crippen MR) is 137 cm³/mol. The molecule has 0 radical (unpaired) electrons. The van der Waals surface area contributed by atoms with Crippen molar-refractivity contribution < 1.29 is 31.3 Å². The van der Waals surface area contributed by atoms with Gasteiger partial charge in [0.2, 0.25) is 0 Å². The Morgan fingerprint density at radius 3 is 2.45 bits per heavy atom. The minimum atomic E-state index is -3.90. The number of aromatic nitrogens is 1. The summed E-state index contributed by atoms with van der Waals surface area (Å²) < 4.78 is 65.1. The number of ether oxygens (including phenoxy) is 1. The first kappa shape index (κ1) is 27.9. The molecule has 0 bridgehead atoms. The predicted octanol–water partition coefficient (Wildman–Crippen LogP) is 5.52. The number of esters is 1. The zero-order valence-electron chi connectivity index (χ0n) is 22.2. The summed E-state index contributed by atoms with van der Waals surface area (Å²) in [5, 5.41) is 3.94. The number of sulfone groups is 1. The first-order valence-electron chi connectivity index (χ1n) is 12.5. The van der Waals surface area contributed by atoms with Gasteiger partial charge >= 0.3 is 5.97 Å². The van der Waals surface area contributed by atoms with Gasteiger partial charge in [0.15, 0.2) is 15.6 Å². The van der Waals surface area contributed by atoms with Crippen molar-refractivity contribution in [1.29, 1.82) is 0 Å². The second-order valence-corrected chi connectivity index (χ2v) is 12.6. The second kappa shape index (κ2) is 10.6. The van der Waals surface area contributed by atoms with Crippen molar-refractivity contribution in [2.45, 2.75) is 69.7 Å². The monoisotopic (exact) mass is 546 g/mol. The standard InChI is InChI=1S/C28H32F2N2O5S/c1-6-36-27(33)25-24(31-37-26(25)28(3,4)5)16-38(34,35)23-8-7-18-9-10-32(15-20(18)13-23)17(2)19-11-21(29)14-22(30)12-19/h7-8,11-14,17H,6,9-10,15-16H2,1-5H3/t17-/m1/s1. The van der Waals surface area contributed by atoms with Gasteiger partial charge < -0.3 is 9.26 Å². The third-order valence-electron chi connectivity index (χ3n) is 6.74. The van der Waals surface area contributed by atoms with E-state index in [1.165, 1.54) is 12.1 Å². The van der Waals surface area contributed by atoms with Crippen LogP contribution in [0.3, 0.4) is 0 Å². The van der Waals surface area contributed by atoms with E-state index in [4.69, 9.17) is 9.26 Å². The van der Waals surface area contributed by atoms with Crippen LogP contribution in [0.2, 0.25) is 0 Å². The van der Waals surface area contributed by atoms with E-state index in [-0.39, 0.29) is 34.6 Å². The summed E-state index contributed by atoms with van der Waals surface area (Å²) in [6, 6.07) is 8.18. The number of nitrogens with zero attached hydrogens (tertiary/aromatic N) is 2. The van der Waals surface area contributed by atoms with Crippen LogP contribution in [-0.2, 0) is 38.7 Å². The number of hydrogen-bond donors (Lipinski definition) is 0. The minimum Gasteiger partial charge on any atom is -0.462 e. The summed E-state index contributed by atoms with van der Waals surface area (Å²) in [5.41, 5.74) is 1.82. The summed E-state index contributed by atoms with van der Waals surface area (Å²) in [6.45, 7) is 10.3. The van der Waals surface area contributed by atoms with E-state index in [0.29, 0.717) is 25.1 Å². The van der Waals surface area contributed by atoms with Crippen LogP contribution in [0.25, 0.3) is 0 Å². The fraction of sp³-hybridized carbons (Fsp3) is 0.429. The van der Waals surface area contributed by atoms with E-state index < -0.39 is 38.6 Å². The molecule has 0 amide bonds. The Morgan fingerprint density at radius 1 is 1.13 bits per heavy atom. The van der Waals surface area contributed by atoms with Crippen molar-refractivity contribution in [3.8, 4) is 0 Å². The van der Waals surface area contributed by atoms with Gasteiger partial charge in [-0.05, 0) is 61.2 Å². The highest BCUT2D eigenvalue weighted by atomic mass is 32.2. The normalized spacial score (nSPS) is 15.2. The third-order valence-corrected chi connectivity index (χ3v) is 8.37. The number of benzene rings is 2. The maximum atomic E-state index is 13.8. The molecule has 2 heterocycles. The Morgan fingerprint density at radius 2 is 1.82 bits per heavy atom. The van der Waals surface area contributed by atoms with Crippen LogP contribution in [0, 0.1) is 11.6 Å². The molecule has 204 valence electrons. The molecule has 1 atom stereocenters. The smallest absolute Gasteiger partial charge is 0.343 e. The molecule has 0 fully saturated rings. The van der Waals surface area contributed by atoms with E-state index in [2.05, 4.69) is 10.1 Å². The molecular formula is C28H32F2N2O5S. The van der Waals surface area contributed by atoms with Gasteiger partial charge in [-0.3, -0.25) is 4.90 Å². The largest absolute Gasteiger partial charge is 0.462 e. The van der Waals surface area contributed by atoms with Crippen molar-refractivity contribution >= 4 is 15.8 Å². The van der Waals surface area contributed by atoms with Gasteiger partial charge in [0, 0.05) is 30.6 Å². The quantitative estimate of drug-likeness (QED) is 0.361. The van der Waals surface area contributed by atoms with Crippen LogP contribution < -0.4 is 0 Å². The first-order valence-corrected chi connectivity index (χ1v) is 14.2. The van der Waals surface area contributed by atoms with Gasteiger partial charge in [0.1, 0.15) is 28.6 Å².